The maximum absolute atomic E-state index is 11.9. The molecule has 0 aliphatic rings. The van der Waals surface area contributed by atoms with Crippen LogP contribution >= 0.6 is 11.6 Å². The zero-order chi connectivity index (χ0) is 15.2. The molecule has 0 amide bonds. The van der Waals surface area contributed by atoms with Crippen molar-refractivity contribution < 1.29 is 18.3 Å². The lowest BCUT2D eigenvalue weighted by Crippen LogP contribution is -2.24. The highest BCUT2D eigenvalue weighted by atomic mass is 35.5. The van der Waals surface area contributed by atoms with Crippen LogP contribution in [0.2, 0.25) is 5.02 Å². The van der Waals surface area contributed by atoms with Gasteiger partial charge in [-0.05, 0) is 31.0 Å². The molecular weight excluding hydrogens is 304 g/mol. The smallest absolute Gasteiger partial charge is 0.337 e. The van der Waals surface area contributed by atoms with E-state index in [1.807, 2.05) is 6.07 Å². The van der Waals surface area contributed by atoms with Crippen LogP contribution in [-0.4, -0.2) is 26.0 Å². The standard InChI is InChI=1S/C12H13ClN2O4S/c13-11-8-9(4-5-10(11)12(16)17)20(18,19)15-7-3-1-2-6-14/h4-5,8,15H,1-3,7H2,(H,16,17). The molecule has 0 aromatic heterocycles. The summed E-state index contributed by atoms with van der Waals surface area (Å²) in [5.74, 6) is -1.22. The number of hydrogen-bond donors (Lipinski definition) is 2. The van der Waals surface area contributed by atoms with Gasteiger partial charge in [-0.3, -0.25) is 0 Å². The van der Waals surface area contributed by atoms with Crippen LogP contribution < -0.4 is 4.72 Å². The van der Waals surface area contributed by atoms with Crippen molar-refractivity contribution >= 4 is 27.6 Å². The van der Waals surface area contributed by atoms with Gasteiger partial charge in [0.05, 0.1) is 21.6 Å². The van der Waals surface area contributed by atoms with Crippen LogP contribution in [0.3, 0.4) is 0 Å². The maximum Gasteiger partial charge on any atom is 0.337 e. The molecular formula is C12H13ClN2O4S. The first kappa shape index (κ1) is 16.4. The summed E-state index contributed by atoms with van der Waals surface area (Å²) in [7, 11) is -3.72. The van der Waals surface area contributed by atoms with Crippen molar-refractivity contribution in [1.29, 1.82) is 5.26 Å². The summed E-state index contributed by atoms with van der Waals surface area (Å²) in [6.45, 7) is 0.211. The number of carbonyl (C=O) groups is 1. The van der Waals surface area contributed by atoms with E-state index in [0.717, 1.165) is 12.1 Å². The number of carboxylic acid groups (broad SMARTS) is 1. The van der Waals surface area contributed by atoms with Gasteiger partial charge in [-0.2, -0.15) is 5.26 Å². The fraction of sp³-hybridized carbons (Fsp3) is 0.333. The Balaban J connectivity index is 2.76. The lowest BCUT2D eigenvalue weighted by Gasteiger charge is -2.07. The molecule has 0 heterocycles. The van der Waals surface area contributed by atoms with Crippen LogP contribution in [0, 0.1) is 11.3 Å². The second kappa shape index (κ2) is 7.24. The lowest BCUT2D eigenvalue weighted by atomic mass is 10.2. The summed E-state index contributed by atoms with van der Waals surface area (Å²) in [5, 5.41) is 17.0. The number of nitriles is 1. The maximum atomic E-state index is 11.9. The number of rotatable bonds is 7. The number of unbranched alkanes of at least 4 members (excludes halogenated alkanes) is 2. The molecule has 108 valence electrons. The van der Waals surface area contributed by atoms with Gasteiger partial charge in [0.1, 0.15) is 0 Å². The third kappa shape index (κ3) is 4.49. The summed E-state index contributed by atoms with van der Waals surface area (Å²) in [6.07, 6.45) is 1.53. The Morgan fingerprint density at radius 3 is 2.65 bits per heavy atom. The molecule has 0 atom stereocenters. The number of benzene rings is 1. The average Bonchev–Trinajstić information content (AvgIpc) is 2.37. The van der Waals surface area contributed by atoms with Crippen LogP contribution in [0.1, 0.15) is 29.6 Å². The molecule has 1 aromatic carbocycles. The van der Waals surface area contributed by atoms with Gasteiger partial charge in [-0.25, -0.2) is 17.9 Å². The van der Waals surface area contributed by atoms with E-state index >= 15 is 0 Å². The minimum absolute atomic E-state index is 0.0900. The number of hydrogen-bond acceptors (Lipinski definition) is 4. The number of aromatic carboxylic acids is 1. The van der Waals surface area contributed by atoms with Crippen molar-refractivity contribution in [3.63, 3.8) is 0 Å². The molecule has 0 saturated heterocycles. The van der Waals surface area contributed by atoms with E-state index in [2.05, 4.69) is 4.72 Å². The second-order valence-corrected chi connectivity index (χ2v) is 6.13. The molecule has 0 aliphatic carbocycles. The van der Waals surface area contributed by atoms with Gasteiger partial charge in [0.2, 0.25) is 10.0 Å². The zero-order valence-electron chi connectivity index (χ0n) is 10.5. The van der Waals surface area contributed by atoms with Gasteiger partial charge < -0.3 is 5.11 Å². The van der Waals surface area contributed by atoms with E-state index in [1.165, 1.54) is 6.07 Å². The van der Waals surface area contributed by atoms with E-state index in [4.69, 9.17) is 22.0 Å². The number of nitrogens with zero attached hydrogens (tertiary/aromatic N) is 1. The Kier molecular flexibility index (Phi) is 5.95. The third-order valence-corrected chi connectivity index (χ3v) is 4.26. The summed E-state index contributed by atoms with van der Waals surface area (Å²) in [4.78, 5) is 10.7. The highest BCUT2D eigenvalue weighted by Gasteiger charge is 2.17. The van der Waals surface area contributed by atoms with Crippen LogP contribution in [-0.2, 0) is 10.0 Å². The molecule has 1 rings (SSSR count). The Bertz CT molecular complexity index is 637. The molecule has 0 unspecified atom stereocenters. The number of halogens is 1. The Hall–Kier alpha value is -1.62. The molecule has 0 radical (unpaired) electrons. The van der Waals surface area contributed by atoms with Crippen LogP contribution in [0.4, 0.5) is 0 Å². The van der Waals surface area contributed by atoms with E-state index in [0.29, 0.717) is 19.3 Å². The molecule has 0 saturated carbocycles. The van der Waals surface area contributed by atoms with E-state index < -0.39 is 16.0 Å². The molecule has 2 N–H and O–H groups in total. The number of carboxylic acids is 1. The monoisotopic (exact) mass is 316 g/mol. The topological polar surface area (TPSA) is 107 Å². The lowest BCUT2D eigenvalue weighted by molar-refractivity contribution is 0.0697. The van der Waals surface area contributed by atoms with Crippen molar-refractivity contribution in [2.75, 3.05) is 6.54 Å². The number of nitrogens with one attached hydrogen (secondary N) is 1. The third-order valence-electron chi connectivity index (χ3n) is 2.49. The molecule has 0 spiro atoms. The van der Waals surface area contributed by atoms with E-state index in [1.54, 1.807) is 0 Å². The van der Waals surface area contributed by atoms with Crippen molar-refractivity contribution in [2.45, 2.75) is 24.2 Å². The van der Waals surface area contributed by atoms with Crippen molar-refractivity contribution in [2.24, 2.45) is 0 Å². The molecule has 0 aliphatic heterocycles. The molecule has 0 bridgehead atoms. The largest absolute Gasteiger partial charge is 0.478 e. The Labute approximate surface area is 122 Å². The Morgan fingerprint density at radius 2 is 2.10 bits per heavy atom. The first-order valence-electron chi connectivity index (χ1n) is 5.78. The minimum atomic E-state index is -3.72. The summed E-state index contributed by atoms with van der Waals surface area (Å²) in [5.41, 5.74) is -0.153. The van der Waals surface area contributed by atoms with Crippen molar-refractivity contribution in [1.82, 2.24) is 4.72 Å². The van der Waals surface area contributed by atoms with E-state index in [9.17, 15) is 13.2 Å². The minimum Gasteiger partial charge on any atom is -0.478 e. The average molecular weight is 317 g/mol. The fourth-order valence-corrected chi connectivity index (χ4v) is 2.88. The molecule has 20 heavy (non-hydrogen) atoms. The molecule has 8 heteroatoms. The van der Waals surface area contributed by atoms with Crippen molar-refractivity contribution in [3.05, 3.63) is 28.8 Å². The van der Waals surface area contributed by atoms with Crippen LogP contribution in [0.15, 0.2) is 23.1 Å². The quantitative estimate of drug-likeness (QED) is 0.748. The normalized spacial score (nSPS) is 11.0. The Morgan fingerprint density at radius 1 is 1.40 bits per heavy atom. The highest BCUT2D eigenvalue weighted by Crippen LogP contribution is 2.20. The van der Waals surface area contributed by atoms with Gasteiger partial charge in [-0.1, -0.05) is 11.6 Å². The first-order chi connectivity index (χ1) is 9.38. The molecule has 1 aromatic rings. The van der Waals surface area contributed by atoms with Gasteiger partial charge in [0.25, 0.3) is 0 Å². The SMILES string of the molecule is N#CCCCCNS(=O)(=O)c1ccc(C(=O)O)c(Cl)c1. The van der Waals surface area contributed by atoms with Gasteiger partial charge >= 0.3 is 5.97 Å². The summed E-state index contributed by atoms with van der Waals surface area (Å²) < 4.78 is 26.2. The van der Waals surface area contributed by atoms with Gasteiger partial charge in [0, 0.05) is 13.0 Å². The number of sulfonamides is 1. The molecule has 6 nitrogen and oxygen atoms in total. The molecule has 0 fully saturated rings. The van der Waals surface area contributed by atoms with Crippen LogP contribution in [0.5, 0.6) is 0 Å². The highest BCUT2D eigenvalue weighted by molar-refractivity contribution is 7.89. The van der Waals surface area contributed by atoms with Gasteiger partial charge in [0.15, 0.2) is 0 Å². The second-order valence-electron chi connectivity index (χ2n) is 3.96. The first-order valence-corrected chi connectivity index (χ1v) is 7.64. The van der Waals surface area contributed by atoms with Crippen molar-refractivity contribution in [3.8, 4) is 6.07 Å². The van der Waals surface area contributed by atoms with Crippen LogP contribution in [0.25, 0.3) is 0 Å². The predicted molar refractivity (Wildman–Crippen MR) is 73.1 cm³/mol. The fourth-order valence-electron chi connectivity index (χ4n) is 1.46. The van der Waals surface area contributed by atoms with Gasteiger partial charge in [-0.15, -0.1) is 0 Å². The van der Waals surface area contributed by atoms with E-state index in [-0.39, 0.29) is 22.0 Å². The predicted octanol–water partition coefficient (Wildman–Crippen LogP) is 2.01. The zero-order valence-corrected chi connectivity index (χ0v) is 12.0. The summed E-state index contributed by atoms with van der Waals surface area (Å²) >= 11 is 5.72. The summed E-state index contributed by atoms with van der Waals surface area (Å²) in [6, 6.07) is 5.41.